The lowest BCUT2D eigenvalue weighted by Gasteiger charge is -2.17. The summed E-state index contributed by atoms with van der Waals surface area (Å²) in [4.78, 5) is 30.1. The number of aryl methyl sites for hydroxylation is 1. The Kier molecular flexibility index (Phi) is 9.14. The van der Waals surface area contributed by atoms with Gasteiger partial charge in [0.25, 0.3) is 5.56 Å². The van der Waals surface area contributed by atoms with Crippen LogP contribution in [0.1, 0.15) is 18.1 Å². The second-order valence-electron chi connectivity index (χ2n) is 9.24. The standard InChI is InChI=1S/C26H32N6O4.ClH/c1-17(13-18-9-11-20(33)12-10-18)27-15-21(34)16-32-22-23(30(2)26(36)31(3)24(22)35)29-25(32)28-14-19-7-5-4-6-8-19;/h4-12,17,21,27,33-34H,13-16H2,1-3H3,(H,28,29);1H. The number of phenolic OH excluding ortho intramolecular Hbond substituents is 1. The predicted molar refractivity (Wildman–Crippen MR) is 138 cm³/mol. The number of halogens is 1. The number of nitrogens with zero attached hydrogens (tertiary/aromatic N) is 4. The summed E-state index contributed by atoms with van der Waals surface area (Å²) >= 11 is 0. The Labute approximate surface area is 220 Å². The van der Waals surface area contributed by atoms with Gasteiger partial charge < -0.3 is 37.8 Å². The smallest absolute Gasteiger partial charge is 0.332 e. The normalized spacial score (nSPS) is 12.8. The fourth-order valence-electron chi connectivity index (χ4n) is 4.30. The number of hydrogen-bond acceptors (Lipinski definition) is 6. The molecule has 2 aromatic carbocycles. The maximum atomic E-state index is 13.0. The summed E-state index contributed by atoms with van der Waals surface area (Å²) in [7, 11) is 3.02. The number of hydrogen-bond donors (Lipinski definition) is 4. The van der Waals surface area contributed by atoms with E-state index in [-0.39, 0.29) is 41.9 Å². The molecule has 0 fully saturated rings. The third kappa shape index (κ3) is 6.40. The van der Waals surface area contributed by atoms with Gasteiger partial charge in [0, 0.05) is 27.1 Å². The van der Waals surface area contributed by atoms with E-state index in [2.05, 4.69) is 22.5 Å². The summed E-state index contributed by atoms with van der Waals surface area (Å²) < 4.78 is 4.07. The van der Waals surface area contributed by atoms with Gasteiger partial charge in [-0.15, -0.1) is 0 Å². The van der Waals surface area contributed by atoms with E-state index in [1.165, 1.54) is 11.6 Å². The highest BCUT2D eigenvalue weighted by molar-refractivity contribution is 5.74. The maximum absolute atomic E-state index is 13.0. The van der Waals surface area contributed by atoms with Crippen molar-refractivity contribution in [2.45, 2.75) is 38.6 Å². The number of aliphatic hydroxyl groups is 1. The monoisotopic (exact) mass is 528 g/mol. The van der Waals surface area contributed by atoms with E-state index < -0.39 is 17.4 Å². The van der Waals surface area contributed by atoms with Gasteiger partial charge in [-0.3, -0.25) is 13.9 Å². The number of quaternary nitrogens is 1. The number of imidazole rings is 1. The van der Waals surface area contributed by atoms with E-state index in [0.717, 1.165) is 22.1 Å². The first-order chi connectivity index (χ1) is 17.2. The van der Waals surface area contributed by atoms with Crippen LogP contribution in [0.15, 0.2) is 64.2 Å². The predicted octanol–water partition coefficient (Wildman–Crippen LogP) is -2.69. The highest BCUT2D eigenvalue weighted by atomic mass is 35.5. The molecule has 11 heteroatoms. The van der Waals surface area contributed by atoms with E-state index in [4.69, 9.17) is 0 Å². The average Bonchev–Trinajstić information content (AvgIpc) is 3.23. The first kappa shape index (κ1) is 28.0. The van der Waals surface area contributed by atoms with Gasteiger partial charge in [-0.25, -0.2) is 4.79 Å². The van der Waals surface area contributed by atoms with Crippen LogP contribution in [0.25, 0.3) is 11.2 Å². The number of aromatic nitrogens is 4. The molecule has 2 atom stereocenters. The summed E-state index contributed by atoms with van der Waals surface area (Å²) in [5.41, 5.74) is 1.77. The summed E-state index contributed by atoms with van der Waals surface area (Å²) in [5.74, 6) is 0.655. The number of anilines is 1. The van der Waals surface area contributed by atoms with Crippen molar-refractivity contribution in [3.8, 4) is 5.75 Å². The molecule has 0 aliphatic carbocycles. The highest BCUT2D eigenvalue weighted by Crippen LogP contribution is 2.17. The molecular formula is C26H33ClN6O4. The van der Waals surface area contributed by atoms with E-state index in [0.29, 0.717) is 19.0 Å². The fraction of sp³-hybridized carbons (Fsp3) is 0.346. The third-order valence-electron chi connectivity index (χ3n) is 6.34. The molecule has 0 amide bonds. The number of aromatic hydroxyl groups is 1. The number of fused-ring (bicyclic) bond motifs is 1. The van der Waals surface area contributed by atoms with Crippen molar-refractivity contribution in [2.24, 2.45) is 14.1 Å². The Balaban J connectivity index is 0.00000380. The zero-order valence-corrected chi connectivity index (χ0v) is 21.9. The molecule has 0 saturated carbocycles. The van der Waals surface area contributed by atoms with Crippen LogP contribution in [0, 0.1) is 0 Å². The topological polar surface area (TPSA) is 131 Å². The minimum Gasteiger partial charge on any atom is -1.00 e. The number of nitrogens with one attached hydrogen (secondary N) is 1. The van der Waals surface area contributed by atoms with Crippen molar-refractivity contribution in [2.75, 3.05) is 11.9 Å². The largest absolute Gasteiger partial charge is 1.00 e. The molecule has 4 aromatic rings. The number of rotatable bonds is 10. The SMILES string of the molecule is CC(Cc1ccc(O)cc1)[NH2+]CC(O)Cn1c(NCc2ccccc2)nc2c1c(=O)n(C)c(=O)n2C.[Cl-]. The molecule has 0 saturated heterocycles. The molecule has 4 rings (SSSR count). The molecule has 0 bridgehead atoms. The lowest BCUT2D eigenvalue weighted by Crippen LogP contribution is -3.00. The Bertz CT molecular complexity index is 1450. The van der Waals surface area contributed by atoms with E-state index in [1.54, 1.807) is 23.7 Å². The summed E-state index contributed by atoms with van der Waals surface area (Å²) in [6, 6.07) is 17.1. The molecular weight excluding hydrogens is 496 g/mol. The van der Waals surface area contributed by atoms with Crippen molar-refractivity contribution in [3.05, 3.63) is 86.6 Å². The zero-order chi connectivity index (χ0) is 25.8. The van der Waals surface area contributed by atoms with Crippen molar-refractivity contribution < 1.29 is 27.9 Å². The molecule has 0 radical (unpaired) electrons. The molecule has 10 nitrogen and oxygen atoms in total. The first-order valence-corrected chi connectivity index (χ1v) is 12.0. The minimum absolute atomic E-state index is 0. The second kappa shape index (κ2) is 12.1. The number of benzene rings is 2. The molecule has 37 heavy (non-hydrogen) atoms. The number of phenols is 1. The summed E-state index contributed by atoms with van der Waals surface area (Å²) in [5, 5.41) is 25.7. The van der Waals surface area contributed by atoms with Gasteiger partial charge in [-0.05, 0) is 30.2 Å². The Morgan fingerprint density at radius 2 is 1.68 bits per heavy atom. The first-order valence-electron chi connectivity index (χ1n) is 12.0. The molecule has 198 valence electrons. The summed E-state index contributed by atoms with van der Waals surface area (Å²) in [6.45, 7) is 3.11. The average molecular weight is 529 g/mol. The lowest BCUT2D eigenvalue weighted by molar-refractivity contribution is -0.691. The van der Waals surface area contributed by atoms with Crippen LogP contribution < -0.4 is 34.3 Å². The molecule has 0 aliphatic heterocycles. The Morgan fingerprint density at radius 1 is 1.00 bits per heavy atom. The van der Waals surface area contributed by atoms with Crippen molar-refractivity contribution in [3.63, 3.8) is 0 Å². The van der Waals surface area contributed by atoms with Crippen LogP contribution in [-0.4, -0.2) is 47.6 Å². The molecule has 0 spiro atoms. The van der Waals surface area contributed by atoms with Crippen molar-refractivity contribution >= 4 is 17.1 Å². The summed E-state index contributed by atoms with van der Waals surface area (Å²) in [6.07, 6.45) is 0.0250. The van der Waals surface area contributed by atoms with Crippen LogP contribution in [0.3, 0.4) is 0 Å². The molecule has 2 heterocycles. The van der Waals surface area contributed by atoms with Crippen molar-refractivity contribution in [1.82, 2.24) is 18.7 Å². The quantitative estimate of drug-likeness (QED) is 0.177. The minimum atomic E-state index is -0.760. The molecule has 0 aliphatic rings. The molecule has 5 N–H and O–H groups in total. The van der Waals surface area contributed by atoms with Crippen LogP contribution in [0.5, 0.6) is 5.75 Å². The van der Waals surface area contributed by atoms with E-state index in [1.807, 2.05) is 42.5 Å². The van der Waals surface area contributed by atoms with Crippen LogP contribution >= 0.6 is 0 Å². The van der Waals surface area contributed by atoms with Crippen LogP contribution in [0.4, 0.5) is 5.95 Å². The van der Waals surface area contributed by atoms with Gasteiger partial charge in [-0.1, -0.05) is 42.5 Å². The Hall–Kier alpha value is -3.60. The van der Waals surface area contributed by atoms with Crippen LogP contribution in [0.2, 0.25) is 0 Å². The van der Waals surface area contributed by atoms with Crippen LogP contribution in [-0.2, 0) is 33.6 Å². The molecule has 2 unspecified atom stereocenters. The van der Waals surface area contributed by atoms with Gasteiger partial charge >= 0.3 is 5.69 Å². The lowest BCUT2D eigenvalue weighted by atomic mass is 10.1. The van der Waals surface area contributed by atoms with Crippen molar-refractivity contribution in [1.29, 1.82) is 0 Å². The second-order valence-corrected chi connectivity index (χ2v) is 9.24. The molecule has 2 aromatic heterocycles. The zero-order valence-electron chi connectivity index (χ0n) is 21.1. The third-order valence-corrected chi connectivity index (χ3v) is 6.34. The Morgan fingerprint density at radius 3 is 2.35 bits per heavy atom. The van der Waals surface area contributed by atoms with Gasteiger partial charge in [-0.2, -0.15) is 4.98 Å². The van der Waals surface area contributed by atoms with Gasteiger partial charge in [0.15, 0.2) is 11.2 Å². The van der Waals surface area contributed by atoms with Gasteiger partial charge in [0.1, 0.15) is 18.4 Å². The van der Waals surface area contributed by atoms with Gasteiger partial charge in [0.2, 0.25) is 5.95 Å². The highest BCUT2D eigenvalue weighted by Gasteiger charge is 2.22. The van der Waals surface area contributed by atoms with Gasteiger partial charge in [0.05, 0.1) is 12.6 Å². The fourth-order valence-corrected chi connectivity index (χ4v) is 4.30. The number of aliphatic hydroxyl groups excluding tert-OH is 1. The van der Waals surface area contributed by atoms with E-state index in [9.17, 15) is 19.8 Å². The van der Waals surface area contributed by atoms with E-state index >= 15 is 0 Å². The maximum Gasteiger partial charge on any atom is 0.332 e. The number of nitrogens with two attached hydrogens (primary N) is 1.